The Hall–Kier alpha value is -1.35. The lowest BCUT2D eigenvalue weighted by atomic mass is 10.1. The van der Waals surface area contributed by atoms with Gasteiger partial charge in [0.1, 0.15) is 0 Å². The highest BCUT2D eigenvalue weighted by Crippen LogP contribution is 2.03. The lowest BCUT2D eigenvalue weighted by molar-refractivity contribution is -0.111. The highest BCUT2D eigenvalue weighted by Gasteiger charge is 2.03. The molecule has 0 spiro atoms. The molecular weight excluding hydrogens is 130 g/mol. The second-order valence-corrected chi connectivity index (χ2v) is 1.81. The number of ketones is 1. The molecule has 1 aliphatic carbocycles. The summed E-state index contributed by atoms with van der Waals surface area (Å²) in [7, 11) is 0. The van der Waals surface area contributed by atoms with Gasteiger partial charge in [-0.15, -0.1) is 0 Å². The standard InChI is InChI=1S/C7H7NO2/c9-7-4-2-1-3-6(7)5-8-10/h1-5,8,10H. The summed E-state index contributed by atoms with van der Waals surface area (Å²) in [5.74, 6) is -0.107. The molecule has 0 aromatic heterocycles. The Labute approximate surface area is 58.3 Å². The number of nitrogens with one attached hydrogen (secondary N) is 1. The zero-order valence-corrected chi connectivity index (χ0v) is 5.24. The number of carbonyl (C=O) groups is 1. The van der Waals surface area contributed by atoms with E-state index in [1.807, 2.05) is 0 Å². The summed E-state index contributed by atoms with van der Waals surface area (Å²) < 4.78 is 0. The summed E-state index contributed by atoms with van der Waals surface area (Å²) in [6.45, 7) is 0. The minimum absolute atomic E-state index is 0.107. The van der Waals surface area contributed by atoms with E-state index in [0.717, 1.165) is 0 Å². The minimum atomic E-state index is -0.107. The molecule has 0 heterocycles. The van der Waals surface area contributed by atoms with Crippen molar-refractivity contribution >= 4 is 5.78 Å². The molecule has 1 rings (SSSR count). The van der Waals surface area contributed by atoms with Crippen LogP contribution in [0.1, 0.15) is 0 Å². The molecule has 0 atom stereocenters. The summed E-state index contributed by atoms with van der Waals surface area (Å²) in [5.41, 5.74) is 2.25. The van der Waals surface area contributed by atoms with E-state index in [1.165, 1.54) is 12.3 Å². The first-order valence-electron chi connectivity index (χ1n) is 2.83. The van der Waals surface area contributed by atoms with Crippen molar-refractivity contribution in [2.45, 2.75) is 0 Å². The van der Waals surface area contributed by atoms with Gasteiger partial charge in [-0.2, -0.15) is 0 Å². The molecule has 0 unspecified atom stereocenters. The van der Waals surface area contributed by atoms with E-state index in [0.29, 0.717) is 5.57 Å². The maximum atomic E-state index is 10.8. The number of hydroxylamine groups is 1. The summed E-state index contributed by atoms with van der Waals surface area (Å²) in [6, 6.07) is 0. The third kappa shape index (κ3) is 1.33. The first-order chi connectivity index (χ1) is 4.84. The first-order valence-corrected chi connectivity index (χ1v) is 2.83. The van der Waals surface area contributed by atoms with Crippen LogP contribution in [0.4, 0.5) is 0 Å². The van der Waals surface area contributed by atoms with E-state index in [-0.39, 0.29) is 5.78 Å². The molecule has 10 heavy (non-hydrogen) atoms. The van der Waals surface area contributed by atoms with E-state index < -0.39 is 0 Å². The first kappa shape index (κ1) is 6.77. The van der Waals surface area contributed by atoms with Crippen molar-refractivity contribution < 1.29 is 10.0 Å². The van der Waals surface area contributed by atoms with Gasteiger partial charge in [0.15, 0.2) is 5.78 Å². The van der Waals surface area contributed by atoms with Crippen LogP contribution in [0.25, 0.3) is 0 Å². The van der Waals surface area contributed by atoms with E-state index >= 15 is 0 Å². The van der Waals surface area contributed by atoms with Crippen LogP contribution < -0.4 is 5.48 Å². The van der Waals surface area contributed by atoms with Gasteiger partial charge in [-0.1, -0.05) is 12.2 Å². The van der Waals surface area contributed by atoms with E-state index in [4.69, 9.17) is 5.21 Å². The van der Waals surface area contributed by atoms with Crippen LogP contribution in [0, 0.1) is 0 Å². The van der Waals surface area contributed by atoms with Gasteiger partial charge in [0.2, 0.25) is 0 Å². The number of hydrogen-bond acceptors (Lipinski definition) is 3. The van der Waals surface area contributed by atoms with Crippen molar-refractivity contribution in [1.82, 2.24) is 5.48 Å². The van der Waals surface area contributed by atoms with E-state index in [2.05, 4.69) is 0 Å². The van der Waals surface area contributed by atoms with Crippen LogP contribution in [0.3, 0.4) is 0 Å². The molecule has 0 aromatic rings. The smallest absolute Gasteiger partial charge is 0.187 e. The Morgan fingerprint density at radius 3 is 2.70 bits per heavy atom. The molecule has 3 nitrogen and oxygen atoms in total. The average Bonchev–Trinajstić information content (AvgIpc) is 1.94. The van der Waals surface area contributed by atoms with Gasteiger partial charge in [-0.25, -0.2) is 0 Å². The molecule has 0 amide bonds. The molecule has 0 saturated heterocycles. The lowest BCUT2D eigenvalue weighted by Crippen LogP contribution is -2.04. The van der Waals surface area contributed by atoms with Crippen molar-refractivity contribution in [1.29, 1.82) is 0 Å². The Bertz CT molecular complexity index is 226. The molecule has 0 aromatic carbocycles. The summed E-state index contributed by atoms with van der Waals surface area (Å²) in [5, 5.41) is 8.20. The molecule has 0 aliphatic heterocycles. The van der Waals surface area contributed by atoms with Crippen LogP contribution in [-0.4, -0.2) is 11.0 Å². The van der Waals surface area contributed by atoms with Crippen LogP contribution >= 0.6 is 0 Å². The normalized spacial score (nSPS) is 20.1. The third-order valence-electron chi connectivity index (χ3n) is 1.14. The van der Waals surface area contributed by atoms with Crippen molar-refractivity contribution in [3.05, 3.63) is 36.1 Å². The average molecular weight is 137 g/mol. The van der Waals surface area contributed by atoms with Crippen molar-refractivity contribution in [2.24, 2.45) is 0 Å². The topological polar surface area (TPSA) is 49.3 Å². The molecule has 0 saturated carbocycles. The predicted molar refractivity (Wildman–Crippen MR) is 36.3 cm³/mol. The molecule has 3 heteroatoms. The molecule has 2 N–H and O–H groups in total. The van der Waals surface area contributed by atoms with Crippen LogP contribution in [0.2, 0.25) is 0 Å². The van der Waals surface area contributed by atoms with E-state index in [9.17, 15) is 4.79 Å². The van der Waals surface area contributed by atoms with Gasteiger partial charge in [-0.3, -0.25) is 15.5 Å². The summed E-state index contributed by atoms with van der Waals surface area (Å²) >= 11 is 0. The monoisotopic (exact) mass is 137 g/mol. The van der Waals surface area contributed by atoms with Crippen molar-refractivity contribution in [3.63, 3.8) is 0 Å². The van der Waals surface area contributed by atoms with Gasteiger partial charge < -0.3 is 0 Å². The second kappa shape index (κ2) is 2.98. The molecule has 0 fully saturated rings. The molecule has 0 bridgehead atoms. The minimum Gasteiger partial charge on any atom is -0.292 e. The Kier molecular flexibility index (Phi) is 2.02. The largest absolute Gasteiger partial charge is 0.292 e. The summed E-state index contributed by atoms with van der Waals surface area (Å²) in [6.07, 6.45) is 7.67. The molecule has 52 valence electrons. The Morgan fingerprint density at radius 1 is 1.40 bits per heavy atom. The molecule has 1 aliphatic rings. The van der Waals surface area contributed by atoms with E-state index in [1.54, 1.807) is 23.7 Å². The van der Waals surface area contributed by atoms with Crippen LogP contribution in [0.15, 0.2) is 36.1 Å². The highest BCUT2D eigenvalue weighted by atomic mass is 16.5. The SMILES string of the molecule is O=C1C=CC=CC1=CNO. The van der Waals surface area contributed by atoms with Gasteiger partial charge in [0.05, 0.1) is 0 Å². The fraction of sp³-hybridized carbons (Fsp3) is 0. The third-order valence-corrected chi connectivity index (χ3v) is 1.14. The van der Waals surface area contributed by atoms with Gasteiger partial charge in [-0.05, 0) is 12.2 Å². The van der Waals surface area contributed by atoms with Gasteiger partial charge in [0, 0.05) is 11.8 Å². The number of allylic oxidation sites excluding steroid dienone is 5. The predicted octanol–water partition coefficient (Wildman–Crippen LogP) is 0.544. The number of hydrogen-bond donors (Lipinski definition) is 2. The Morgan fingerprint density at radius 2 is 2.10 bits per heavy atom. The zero-order chi connectivity index (χ0) is 7.40. The quantitative estimate of drug-likeness (QED) is 0.409. The molecule has 0 radical (unpaired) electrons. The highest BCUT2D eigenvalue weighted by molar-refractivity contribution is 6.07. The Balaban J connectivity index is 2.80. The maximum absolute atomic E-state index is 10.8. The zero-order valence-electron chi connectivity index (χ0n) is 5.24. The summed E-state index contributed by atoms with van der Waals surface area (Å²) in [4.78, 5) is 10.8. The van der Waals surface area contributed by atoms with Gasteiger partial charge in [0.25, 0.3) is 0 Å². The van der Waals surface area contributed by atoms with Crippen LogP contribution in [0.5, 0.6) is 0 Å². The van der Waals surface area contributed by atoms with Crippen LogP contribution in [-0.2, 0) is 4.79 Å². The fourth-order valence-corrected chi connectivity index (χ4v) is 0.669. The molecular formula is C7H7NO2. The maximum Gasteiger partial charge on any atom is 0.187 e. The number of carbonyl (C=O) groups excluding carboxylic acids is 1. The number of rotatable bonds is 1. The van der Waals surface area contributed by atoms with Gasteiger partial charge >= 0.3 is 0 Å². The van der Waals surface area contributed by atoms with Crippen molar-refractivity contribution in [3.8, 4) is 0 Å². The lowest BCUT2D eigenvalue weighted by Gasteiger charge is -1.98. The second-order valence-electron chi connectivity index (χ2n) is 1.81. The van der Waals surface area contributed by atoms with Crippen molar-refractivity contribution in [2.75, 3.05) is 0 Å². The fourth-order valence-electron chi connectivity index (χ4n) is 0.669.